The van der Waals surface area contributed by atoms with Gasteiger partial charge in [0.25, 0.3) is 0 Å². The first kappa shape index (κ1) is 17.6. The molecule has 1 unspecified atom stereocenters. The second-order valence-corrected chi connectivity index (χ2v) is 4.22. The van der Waals surface area contributed by atoms with Crippen LogP contribution in [0.15, 0.2) is 29.3 Å². The molecule has 0 radical (unpaired) electrons. The van der Waals surface area contributed by atoms with Crippen LogP contribution < -0.4 is 15.8 Å². The van der Waals surface area contributed by atoms with E-state index in [0.29, 0.717) is 5.96 Å². The molecule has 5 heteroatoms. The lowest BCUT2D eigenvalue weighted by Gasteiger charge is -2.12. The topological polar surface area (TPSA) is 59.6 Å². The third-order valence-electron chi connectivity index (χ3n) is 2.44. The maximum atomic E-state index is 5.80. The number of nitrogens with one attached hydrogen (secondary N) is 1. The number of hydrogen-bond donors (Lipinski definition) is 2. The van der Waals surface area contributed by atoms with Gasteiger partial charge in [0.1, 0.15) is 11.8 Å². The van der Waals surface area contributed by atoms with Crippen LogP contribution in [0.1, 0.15) is 13.8 Å². The molecule has 0 saturated carbocycles. The maximum Gasteiger partial charge on any atom is 0.194 e. The van der Waals surface area contributed by atoms with Crippen molar-refractivity contribution in [2.75, 3.05) is 12.4 Å². The molecule has 0 aliphatic rings. The first-order valence-electron chi connectivity index (χ1n) is 5.77. The van der Waals surface area contributed by atoms with Gasteiger partial charge in [-0.1, -0.05) is 19.8 Å². The van der Waals surface area contributed by atoms with Crippen LogP contribution in [-0.4, -0.2) is 19.1 Å². The minimum atomic E-state index is -0.212. The van der Waals surface area contributed by atoms with Crippen molar-refractivity contribution in [1.29, 1.82) is 0 Å². The van der Waals surface area contributed by atoms with Crippen LogP contribution in [0, 0.1) is 18.3 Å². The molecule has 0 spiro atoms. The summed E-state index contributed by atoms with van der Waals surface area (Å²) < 4.78 is 5.07. The molecular weight excluding hydrogens is 353 g/mol. The summed E-state index contributed by atoms with van der Waals surface area (Å²) in [5.74, 6) is 3.97. The van der Waals surface area contributed by atoms with Crippen LogP contribution in [0.3, 0.4) is 0 Å². The normalized spacial score (nSPS) is 12.3. The lowest BCUT2D eigenvalue weighted by molar-refractivity contribution is 0.415. The molecule has 1 rings (SSSR count). The highest BCUT2D eigenvalue weighted by Gasteiger charge is 2.08. The van der Waals surface area contributed by atoms with Gasteiger partial charge in [-0.15, -0.1) is 30.4 Å². The Hall–Kier alpha value is -1.42. The molecule has 104 valence electrons. The zero-order chi connectivity index (χ0) is 13.5. The second kappa shape index (κ2) is 8.64. The number of nitrogens with zero attached hydrogens (tertiary/aromatic N) is 1. The number of guanidine groups is 1. The molecule has 0 amide bonds. The Labute approximate surface area is 131 Å². The Morgan fingerprint density at radius 2 is 1.95 bits per heavy atom. The van der Waals surface area contributed by atoms with E-state index in [2.05, 4.69) is 16.2 Å². The molecule has 0 aliphatic carbocycles. The van der Waals surface area contributed by atoms with Gasteiger partial charge in [-0.3, -0.25) is 0 Å². The fraction of sp³-hybridized carbons (Fsp3) is 0.357. The molecule has 0 saturated heterocycles. The number of benzene rings is 1. The van der Waals surface area contributed by atoms with E-state index in [-0.39, 0.29) is 35.9 Å². The highest BCUT2D eigenvalue weighted by molar-refractivity contribution is 14.0. The van der Waals surface area contributed by atoms with E-state index in [1.54, 1.807) is 7.11 Å². The van der Waals surface area contributed by atoms with E-state index < -0.39 is 0 Å². The minimum Gasteiger partial charge on any atom is -0.497 e. The highest BCUT2D eigenvalue weighted by atomic mass is 127. The van der Waals surface area contributed by atoms with Gasteiger partial charge in [-0.05, 0) is 30.2 Å². The number of ether oxygens (including phenoxy) is 1. The monoisotopic (exact) mass is 373 g/mol. The number of nitrogens with two attached hydrogens (primary N) is 1. The van der Waals surface area contributed by atoms with Gasteiger partial charge in [-0.2, -0.15) is 0 Å². The third kappa shape index (κ3) is 5.83. The molecule has 0 bridgehead atoms. The van der Waals surface area contributed by atoms with Gasteiger partial charge < -0.3 is 15.8 Å². The van der Waals surface area contributed by atoms with E-state index in [4.69, 9.17) is 16.9 Å². The van der Waals surface area contributed by atoms with Crippen LogP contribution in [0.2, 0.25) is 0 Å². The van der Waals surface area contributed by atoms with Crippen molar-refractivity contribution in [1.82, 2.24) is 0 Å². The average Bonchev–Trinajstić information content (AvgIpc) is 2.36. The van der Waals surface area contributed by atoms with Crippen molar-refractivity contribution in [3.05, 3.63) is 24.3 Å². The van der Waals surface area contributed by atoms with Gasteiger partial charge in [-0.25, -0.2) is 4.99 Å². The van der Waals surface area contributed by atoms with Gasteiger partial charge in [0.15, 0.2) is 5.96 Å². The summed E-state index contributed by atoms with van der Waals surface area (Å²) in [4.78, 5) is 4.25. The zero-order valence-electron chi connectivity index (χ0n) is 11.4. The van der Waals surface area contributed by atoms with E-state index in [0.717, 1.165) is 11.4 Å². The Morgan fingerprint density at radius 1 is 1.37 bits per heavy atom. The predicted molar refractivity (Wildman–Crippen MR) is 91.1 cm³/mol. The van der Waals surface area contributed by atoms with Gasteiger partial charge in [0.05, 0.1) is 7.11 Å². The van der Waals surface area contributed by atoms with Crippen LogP contribution in [-0.2, 0) is 0 Å². The molecule has 1 atom stereocenters. The summed E-state index contributed by atoms with van der Waals surface area (Å²) >= 11 is 0. The lowest BCUT2D eigenvalue weighted by atomic mass is 10.1. The average molecular weight is 373 g/mol. The quantitative estimate of drug-likeness (QED) is 0.369. The van der Waals surface area contributed by atoms with Crippen LogP contribution in [0.4, 0.5) is 5.69 Å². The maximum absolute atomic E-state index is 5.80. The first-order valence-corrected chi connectivity index (χ1v) is 5.77. The fourth-order valence-corrected chi connectivity index (χ4v) is 1.38. The number of terminal acetylenes is 1. The van der Waals surface area contributed by atoms with Crippen molar-refractivity contribution in [3.8, 4) is 18.1 Å². The number of rotatable bonds is 4. The molecule has 4 nitrogen and oxygen atoms in total. The molecular formula is C14H20IN3O. The second-order valence-electron chi connectivity index (χ2n) is 4.22. The summed E-state index contributed by atoms with van der Waals surface area (Å²) in [7, 11) is 1.62. The summed E-state index contributed by atoms with van der Waals surface area (Å²) in [6, 6.07) is 7.20. The summed E-state index contributed by atoms with van der Waals surface area (Å²) in [5, 5.41) is 2.99. The number of aliphatic imine (C=N–C) groups is 1. The smallest absolute Gasteiger partial charge is 0.194 e. The summed E-state index contributed by atoms with van der Waals surface area (Å²) in [6.45, 7) is 4.02. The molecule has 0 fully saturated rings. The van der Waals surface area contributed by atoms with Crippen LogP contribution >= 0.6 is 24.0 Å². The van der Waals surface area contributed by atoms with E-state index in [1.807, 2.05) is 38.1 Å². The van der Waals surface area contributed by atoms with E-state index >= 15 is 0 Å². The number of halogens is 1. The van der Waals surface area contributed by atoms with Crippen molar-refractivity contribution in [2.24, 2.45) is 16.6 Å². The highest BCUT2D eigenvalue weighted by Crippen LogP contribution is 2.14. The number of anilines is 1. The van der Waals surface area contributed by atoms with E-state index in [9.17, 15) is 0 Å². The molecule has 19 heavy (non-hydrogen) atoms. The molecule has 0 aromatic heterocycles. The number of methoxy groups -OCH3 is 1. The Kier molecular flexibility index (Phi) is 8.00. The van der Waals surface area contributed by atoms with Crippen molar-refractivity contribution in [3.63, 3.8) is 0 Å². The first-order chi connectivity index (χ1) is 8.56. The standard InChI is InChI=1S/C14H19N3O.HI/c1-5-13(10(2)3)17-14(15)16-11-6-8-12(18-4)9-7-11;/h1,6-10,13H,2-4H3,(H3,15,16,17);1H. The van der Waals surface area contributed by atoms with Gasteiger partial charge >= 0.3 is 0 Å². The lowest BCUT2D eigenvalue weighted by Crippen LogP contribution is -2.26. The SMILES string of the molecule is C#CC(N=C(N)Nc1ccc(OC)cc1)C(C)C.I. The largest absolute Gasteiger partial charge is 0.497 e. The third-order valence-corrected chi connectivity index (χ3v) is 2.44. The zero-order valence-corrected chi connectivity index (χ0v) is 13.7. The van der Waals surface area contributed by atoms with E-state index in [1.165, 1.54) is 0 Å². The van der Waals surface area contributed by atoms with Crippen molar-refractivity contribution >= 4 is 35.6 Å². The van der Waals surface area contributed by atoms with Gasteiger partial charge in [0.2, 0.25) is 0 Å². The number of hydrogen-bond acceptors (Lipinski definition) is 2. The van der Waals surface area contributed by atoms with Gasteiger partial charge in [0, 0.05) is 5.69 Å². The van der Waals surface area contributed by atoms with Crippen LogP contribution in [0.25, 0.3) is 0 Å². The fourth-order valence-electron chi connectivity index (χ4n) is 1.38. The molecule has 1 aromatic rings. The molecule has 1 aromatic carbocycles. The Balaban J connectivity index is 0.00000324. The molecule has 0 heterocycles. The van der Waals surface area contributed by atoms with Crippen LogP contribution in [0.5, 0.6) is 5.75 Å². The minimum absolute atomic E-state index is 0. The predicted octanol–water partition coefficient (Wildman–Crippen LogP) is 2.70. The molecule has 3 N–H and O–H groups in total. The Bertz CT molecular complexity index is 449. The Morgan fingerprint density at radius 3 is 2.37 bits per heavy atom. The van der Waals surface area contributed by atoms with Crippen molar-refractivity contribution < 1.29 is 4.74 Å². The summed E-state index contributed by atoms with van der Waals surface area (Å²) in [6.07, 6.45) is 5.40. The summed E-state index contributed by atoms with van der Waals surface area (Å²) in [5.41, 5.74) is 6.65. The van der Waals surface area contributed by atoms with Crippen molar-refractivity contribution in [2.45, 2.75) is 19.9 Å². The molecule has 0 aliphatic heterocycles.